The van der Waals surface area contributed by atoms with E-state index in [-0.39, 0.29) is 45.3 Å². The SMILES string of the molecule is CN1C(=NC#N)C2=C(c3cc(F)c(F)c(F)c3)N(C)C(=NC#N)C2=C1c1cc(F)c(F)c(F)c1. The summed E-state index contributed by atoms with van der Waals surface area (Å²) in [4.78, 5) is 9.89. The average molecular weight is 472 g/mol. The summed E-state index contributed by atoms with van der Waals surface area (Å²) >= 11 is 0. The molecule has 0 spiro atoms. The molecule has 0 radical (unpaired) electrons. The Morgan fingerprint density at radius 3 is 1.18 bits per heavy atom. The van der Waals surface area contributed by atoms with Gasteiger partial charge in [-0.3, -0.25) is 0 Å². The molecular formula is C22H10F6N6. The van der Waals surface area contributed by atoms with Gasteiger partial charge in [0.2, 0.25) is 12.4 Å². The minimum atomic E-state index is -1.70. The second-order valence-electron chi connectivity index (χ2n) is 7.14. The second-order valence-corrected chi connectivity index (χ2v) is 7.14. The lowest BCUT2D eigenvalue weighted by molar-refractivity contribution is 0.446. The summed E-state index contributed by atoms with van der Waals surface area (Å²) in [5, 5.41) is 18.4. The molecule has 0 aromatic heterocycles. The first-order chi connectivity index (χ1) is 16.1. The molecule has 2 aliphatic heterocycles. The predicted molar refractivity (Wildman–Crippen MR) is 108 cm³/mol. The van der Waals surface area contributed by atoms with Crippen LogP contribution in [-0.4, -0.2) is 35.6 Å². The zero-order chi connectivity index (χ0) is 24.9. The highest BCUT2D eigenvalue weighted by molar-refractivity contribution is 6.33. The second kappa shape index (κ2) is 8.08. The fourth-order valence-corrected chi connectivity index (χ4v) is 3.97. The Balaban J connectivity index is 2.14. The number of halogens is 6. The number of amidine groups is 2. The first-order valence-electron chi connectivity index (χ1n) is 9.32. The van der Waals surface area contributed by atoms with Crippen molar-refractivity contribution >= 4 is 23.1 Å². The summed E-state index contributed by atoms with van der Waals surface area (Å²) in [5.41, 5.74) is -0.337. The first kappa shape index (κ1) is 22.6. The molecule has 0 atom stereocenters. The van der Waals surface area contributed by atoms with Crippen LogP contribution in [0, 0.1) is 57.8 Å². The Labute approximate surface area is 188 Å². The van der Waals surface area contributed by atoms with Crippen LogP contribution in [0.1, 0.15) is 11.1 Å². The number of benzene rings is 2. The molecule has 12 heteroatoms. The maximum Gasteiger partial charge on any atom is 0.207 e. The normalized spacial score (nSPS) is 17.7. The van der Waals surface area contributed by atoms with Crippen molar-refractivity contribution < 1.29 is 26.3 Å². The van der Waals surface area contributed by atoms with Gasteiger partial charge in [-0.25, -0.2) is 26.3 Å². The highest BCUT2D eigenvalue weighted by Gasteiger charge is 2.45. The molecule has 4 rings (SSSR count). The molecule has 2 heterocycles. The van der Waals surface area contributed by atoms with Crippen molar-refractivity contribution in [1.29, 1.82) is 10.5 Å². The van der Waals surface area contributed by atoms with Gasteiger partial charge < -0.3 is 9.80 Å². The monoisotopic (exact) mass is 472 g/mol. The Morgan fingerprint density at radius 2 is 0.912 bits per heavy atom. The molecule has 0 saturated heterocycles. The summed E-state index contributed by atoms with van der Waals surface area (Å²) < 4.78 is 83.3. The van der Waals surface area contributed by atoms with Gasteiger partial charge in [-0.2, -0.15) is 20.5 Å². The molecule has 0 bridgehead atoms. The van der Waals surface area contributed by atoms with Crippen LogP contribution in [0.15, 0.2) is 45.4 Å². The molecule has 2 aliphatic rings. The van der Waals surface area contributed by atoms with Gasteiger partial charge in [0, 0.05) is 25.2 Å². The minimum absolute atomic E-state index is 0.0132. The zero-order valence-corrected chi connectivity index (χ0v) is 17.3. The number of hydrogen-bond acceptors (Lipinski definition) is 4. The molecule has 0 saturated carbocycles. The number of rotatable bonds is 2. The molecule has 0 N–H and O–H groups in total. The van der Waals surface area contributed by atoms with Gasteiger partial charge in [0.25, 0.3) is 0 Å². The van der Waals surface area contributed by atoms with Gasteiger partial charge >= 0.3 is 0 Å². The van der Waals surface area contributed by atoms with Crippen LogP contribution in [0.4, 0.5) is 26.3 Å². The first-order valence-corrected chi connectivity index (χ1v) is 9.32. The highest BCUT2D eigenvalue weighted by Crippen LogP contribution is 2.46. The Hall–Kier alpha value is -4.58. The Bertz CT molecular complexity index is 1320. The van der Waals surface area contributed by atoms with Crippen LogP contribution in [0.2, 0.25) is 0 Å². The van der Waals surface area contributed by atoms with Crippen molar-refractivity contribution in [3.63, 3.8) is 0 Å². The standard InChI is InChI=1S/C22H10F6N6/c1-33-19(9-3-11(23)17(27)12(24)4-9)15-16(21(33)31-7-29)20(34(2)22(15)32-8-30)10-5-13(25)18(28)14(26)6-10/h3-6H,1-2H3. The van der Waals surface area contributed by atoms with E-state index in [1.165, 1.54) is 23.9 Å². The van der Waals surface area contributed by atoms with Crippen molar-refractivity contribution in [2.45, 2.75) is 0 Å². The van der Waals surface area contributed by atoms with Crippen LogP contribution in [0.5, 0.6) is 0 Å². The molecular weight excluding hydrogens is 462 g/mol. The van der Waals surface area contributed by atoms with E-state index in [4.69, 9.17) is 0 Å². The van der Waals surface area contributed by atoms with Gasteiger partial charge in [0.1, 0.15) is 0 Å². The molecule has 2 aromatic carbocycles. The minimum Gasteiger partial charge on any atom is -0.327 e. The van der Waals surface area contributed by atoms with Crippen LogP contribution < -0.4 is 0 Å². The van der Waals surface area contributed by atoms with Crippen molar-refractivity contribution in [3.8, 4) is 12.4 Å². The molecule has 0 fully saturated rings. The third-order valence-electron chi connectivity index (χ3n) is 5.30. The van der Waals surface area contributed by atoms with E-state index < -0.39 is 34.9 Å². The van der Waals surface area contributed by atoms with Crippen molar-refractivity contribution in [2.24, 2.45) is 9.98 Å². The van der Waals surface area contributed by atoms with E-state index in [0.717, 1.165) is 0 Å². The van der Waals surface area contributed by atoms with Crippen LogP contribution in [0.3, 0.4) is 0 Å². The highest BCUT2D eigenvalue weighted by atomic mass is 19.2. The number of fused-ring (bicyclic) bond motifs is 1. The van der Waals surface area contributed by atoms with Crippen molar-refractivity contribution in [3.05, 3.63) is 81.4 Å². The number of aliphatic imine (C=N–C) groups is 2. The Kier molecular flexibility index (Phi) is 5.37. The van der Waals surface area contributed by atoms with E-state index in [1.807, 2.05) is 0 Å². The maximum absolute atomic E-state index is 14.0. The van der Waals surface area contributed by atoms with E-state index >= 15 is 0 Å². The molecule has 34 heavy (non-hydrogen) atoms. The van der Waals surface area contributed by atoms with Crippen LogP contribution in [-0.2, 0) is 0 Å². The largest absolute Gasteiger partial charge is 0.327 e. The lowest BCUT2D eigenvalue weighted by Crippen LogP contribution is -2.25. The van der Waals surface area contributed by atoms with E-state index in [0.29, 0.717) is 24.3 Å². The van der Waals surface area contributed by atoms with E-state index in [9.17, 15) is 36.9 Å². The molecule has 6 nitrogen and oxygen atoms in total. The molecule has 0 amide bonds. The van der Waals surface area contributed by atoms with Gasteiger partial charge in [-0.05, 0) is 24.3 Å². The fourth-order valence-electron chi connectivity index (χ4n) is 3.97. The zero-order valence-electron chi connectivity index (χ0n) is 17.3. The third-order valence-corrected chi connectivity index (χ3v) is 5.30. The number of hydrogen-bond donors (Lipinski definition) is 0. The van der Waals surface area contributed by atoms with Gasteiger partial charge in [0.15, 0.2) is 46.6 Å². The third kappa shape index (κ3) is 3.19. The van der Waals surface area contributed by atoms with E-state index in [2.05, 4.69) is 9.98 Å². The predicted octanol–water partition coefficient (Wildman–Crippen LogP) is 4.29. The van der Waals surface area contributed by atoms with Crippen molar-refractivity contribution in [2.75, 3.05) is 14.1 Å². The number of nitrogens with zero attached hydrogens (tertiary/aromatic N) is 6. The lowest BCUT2D eigenvalue weighted by Gasteiger charge is -2.23. The number of likely N-dealkylation sites (N-methyl/N-ethyl adjacent to an activating group) is 2. The van der Waals surface area contributed by atoms with Crippen LogP contribution >= 0.6 is 0 Å². The fraction of sp³-hybridized carbons (Fsp3) is 0.0909. The molecule has 2 aromatic rings. The lowest BCUT2D eigenvalue weighted by atomic mass is 10.0. The molecule has 0 unspecified atom stereocenters. The average Bonchev–Trinajstić information content (AvgIpc) is 3.21. The topological polar surface area (TPSA) is 78.8 Å². The molecule has 170 valence electrons. The summed E-state index contributed by atoms with van der Waals surface area (Å²) in [5.74, 6) is -9.64. The van der Waals surface area contributed by atoms with Gasteiger partial charge in [0.05, 0.1) is 22.5 Å². The summed E-state index contributed by atoms with van der Waals surface area (Å²) in [6.07, 6.45) is 3.14. The van der Waals surface area contributed by atoms with Gasteiger partial charge in [-0.15, -0.1) is 0 Å². The number of nitriles is 2. The summed E-state index contributed by atoms with van der Waals surface area (Å²) in [6, 6.07) is 2.79. The molecule has 0 aliphatic carbocycles. The maximum atomic E-state index is 14.0. The summed E-state index contributed by atoms with van der Waals surface area (Å²) in [6.45, 7) is 0. The van der Waals surface area contributed by atoms with Gasteiger partial charge in [-0.1, -0.05) is 0 Å². The summed E-state index contributed by atoms with van der Waals surface area (Å²) in [7, 11) is 2.74. The van der Waals surface area contributed by atoms with E-state index in [1.54, 1.807) is 12.4 Å². The Morgan fingerprint density at radius 1 is 0.618 bits per heavy atom. The smallest absolute Gasteiger partial charge is 0.207 e. The van der Waals surface area contributed by atoms with Crippen molar-refractivity contribution in [1.82, 2.24) is 9.80 Å². The van der Waals surface area contributed by atoms with Crippen LogP contribution in [0.25, 0.3) is 11.4 Å². The quantitative estimate of drug-likeness (QED) is 0.371.